The van der Waals surface area contributed by atoms with Gasteiger partial charge in [-0.3, -0.25) is 9.59 Å². The van der Waals surface area contributed by atoms with Gasteiger partial charge in [0.15, 0.2) is 0 Å². The molecule has 0 bridgehead atoms. The fourth-order valence-corrected chi connectivity index (χ4v) is 1.41. The molecular formula is C10H17NO3. The van der Waals surface area contributed by atoms with Crippen molar-refractivity contribution in [3.8, 4) is 0 Å². The van der Waals surface area contributed by atoms with Crippen LogP contribution < -0.4 is 0 Å². The molecule has 14 heavy (non-hydrogen) atoms. The van der Waals surface area contributed by atoms with Crippen molar-refractivity contribution in [1.82, 2.24) is 4.90 Å². The number of piperidine rings is 1. The monoisotopic (exact) mass is 199 g/mol. The van der Waals surface area contributed by atoms with Gasteiger partial charge in [-0.15, -0.1) is 0 Å². The highest BCUT2D eigenvalue weighted by Crippen LogP contribution is 2.16. The molecule has 80 valence electrons. The normalized spacial score (nSPS) is 16.6. The summed E-state index contributed by atoms with van der Waals surface area (Å²) in [5.74, 6) is 0.460. The van der Waals surface area contributed by atoms with Gasteiger partial charge < -0.3 is 9.69 Å². The molecule has 4 heteroatoms. The number of aldehydes is 1. The van der Waals surface area contributed by atoms with Crippen LogP contribution >= 0.6 is 0 Å². The maximum absolute atomic E-state index is 10.9. The van der Waals surface area contributed by atoms with Crippen LogP contribution in [0.5, 0.6) is 0 Å². The van der Waals surface area contributed by atoms with Crippen LogP contribution in [0.1, 0.15) is 26.7 Å². The number of likely N-dealkylation sites (tertiary alicyclic amines) is 1. The molecule has 1 amide bonds. The maximum atomic E-state index is 10.9. The number of ketones is 1. The van der Waals surface area contributed by atoms with E-state index in [-0.39, 0.29) is 11.7 Å². The first-order chi connectivity index (χ1) is 6.65. The average molecular weight is 199 g/mol. The molecule has 1 aliphatic heterocycles. The third-order valence-electron chi connectivity index (χ3n) is 2.25. The summed E-state index contributed by atoms with van der Waals surface area (Å²) in [5, 5.41) is 0. The Hall–Kier alpha value is -1.19. The molecule has 4 nitrogen and oxygen atoms in total. The van der Waals surface area contributed by atoms with E-state index in [0.717, 1.165) is 38.6 Å². The summed E-state index contributed by atoms with van der Waals surface area (Å²) >= 11 is 0. The summed E-state index contributed by atoms with van der Waals surface area (Å²) in [5.41, 5.74) is 0. The second-order valence-electron chi connectivity index (χ2n) is 3.26. The lowest BCUT2D eigenvalue weighted by Crippen LogP contribution is -2.34. The van der Waals surface area contributed by atoms with Crippen molar-refractivity contribution in [3.63, 3.8) is 0 Å². The first-order valence-corrected chi connectivity index (χ1v) is 4.75. The number of amides is 1. The predicted octanol–water partition coefficient (Wildman–Crippen LogP) is 0.649. The number of carbonyl (C=O) groups excluding carboxylic acids is 3. The van der Waals surface area contributed by atoms with Crippen LogP contribution in [0.3, 0.4) is 0 Å². The van der Waals surface area contributed by atoms with Gasteiger partial charge in [0, 0.05) is 19.0 Å². The highest BCUT2D eigenvalue weighted by molar-refractivity contribution is 5.78. The molecular weight excluding hydrogens is 182 g/mol. The summed E-state index contributed by atoms with van der Waals surface area (Å²) < 4.78 is 0. The lowest BCUT2D eigenvalue weighted by Gasteiger charge is -2.27. The van der Waals surface area contributed by atoms with Crippen molar-refractivity contribution >= 4 is 18.5 Å². The molecule has 0 aromatic carbocycles. The van der Waals surface area contributed by atoms with E-state index in [4.69, 9.17) is 4.79 Å². The third kappa shape index (κ3) is 4.74. The second-order valence-corrected chi connectivity index (χ2v) is 3.26. The zero-order valence-electron chi connectivity index (χ0n) is 8.73. The zero-order chi connectivity index (χ0) is 11.0. The highest BCUT2D eigenvalue weighted by Gasteiger charge is 2.20. The Labute approximate surface area is 84.3 Å². The summed E-state index contributed by atoms with van der Waals surface area (Å²) in [6.45, 7) is 4.56. The molecule has 1 fully saturated rings. The highest BCUT2D eigenvalue weighted by atomic mass is 16.1. The Morgan fingerprint density at radius 3 is 2.00 bits per heavy atom. The minimum atomic E-state index is 0.200. The van der Waals surface area contributed by atoms with Gasteiger partial charge in [-0.2, -0.15) is 0 Å². The number of rotatable bonds is 2. The van der Waals surface area contributed by atoms with Gasteiger partial charge in [-0.05, 0) is 26.7 Å². The summed E-state index contributed by atoms with van der Waals surface area (Å²) in [4.78, 5) is 31.7. The minimum absolute atomic E-state index is 0.200. The number of nitrogens with zero attached hydrogens (tertiary/aromatic N) is 1. The number of hydrogen-bond acceptors (Lipinski definition) is 3. The predicted molar refractivity (Wildman–Crippen MR) is 52.8 cm³/mol. The van der Waals surface area contributed by atoms with Crippen LogP contribution in [0.4, 0.5) is 0 Å². The van der Waals surface area contributed by atoms with Gasteiger partial charge in [0.2, 0.25) is 6.41 Å². The fourth-order valence-electron chi connectivity index (χ4n) is 1.41. The second kappa shape index (κ2) is 7.24. The van der Waals surface area contributed by atoms with Gasteiger partial charge in [-0.25, -0.2) is 0 Å². The first kappa shape index (κ1) is 12.8. The quantitative estimate of drug-likeness (QED) is 0.613. The van der Waals surface area contributed by atoms with Gasteiger partial charge in [-0.1, -0.05) is 0 Å². The minimum Gasteiger partial charge on any atom is -0.345 e. The fraction of sp³-hybridized carbons (Fsp3) is 0.700. The van der Waals surface area contributed by atoms with Crippen LogP contribution in [-0.2, 0) is 14.4 Å². The van der Waals surface area contributed by atoms with E-state index in [2.05, 4.69) is 0 Å². The van der Waals surface area contributed by atoms with E-state index in [1.165, 1.54) is 6.92 Å². The SMILES string of the molecule is CC(=O)C1CCN(C=O)CC1.CC=O. The van der Waals surface area contributed by atoms with Gasteiger partial charge in [0.25, 0.3) is 0 Å². The van der Waals surface area contributed by atoms with Crippen molar-refractivity contribution in [3.05, 3.63) is 0 Å². The van der Waals surface area contributed by atoms with Crippen LogP contribution in [-0.4, -0.2) is 36.5 Å². The number of carbonyl (C=O) groups is 3. The number of hydrogen-bond donors (Lipinski definition) is 0. The molecule has 0 N–H and O–H groups in total. The van der Waals surface area contributed by atoms with Crippen LogP contribution in [0.15, 0.2) is 0 Å². The van der Waals surface area contributed by atoms with Gasteiger partial charge in [0.05, 0.1) is 0 Å². The Balaban J connectivity index is 0.000000500. The standard InChI is InChI=1S/C8H13NO2.C2H4O/c1-7(11)8-2-4-9(6-10)5-3-8;1-2-3/h6,8H,2-5H2,1H3;2H,1H3. The van der Waals surface area contributed by atoms with Crippen molar-refractivity contribution in [2.24, 2.45) is 5.92 Å². The molecule has 1 saturated heterocycles. The van der Waals surface area contributed by atoms with E-state index in [9.17, 15) is 9.59 Å². The first-order valence-electron chi connectivity index (χ1n) is 4.75. The Kier molecular flexibility index (Phi) is 6.62. The molecule has 0 unspecified atom stereocenters. The van der Waals surface area contributed by atoms with Crippen molar-refractivity contribution in [2.45, 2.75) is 26.7 Å². The maximum Gasteiger partial charge on any atom is 0.209 e. The lowest BCUT2D eigenvalue weighted by molar-refractivity contribution is -0.125. The van der Waals surface area contributed by atoms with E-state index >= 15 is 0 Å². The van der Waals surface area contributed by atoms with Gasteiger partial charge >= 0.3 is 0 Å². The largest absolute Gasteiger partial charge is 0.345 e. The summed E-state index contributed by atoms with van der Waals surface area (Å²) in [6, 6.07) is 0. The Bertz CT molecular complexity index is 196. The Morgan fingerprint density at radius 2 is 1.71 bits per heavy atom. The molecule has 0 radical (unpaired) electrons. The van der Waals surface area contributed by atoms with Crippen molar-refractivity contribution in [2.75, 3.05) is 13.1 Å². The van der Waals surface area contributed by atoms with Gasteiger partial charge in [0.1, 0.15) is 12.1 Å². The molecule has 0 aromatic heterocycles. The Morgan fingerprint density at radius 1 is 1.29 bits per heavy atom. The smallest absolute Gasteiger partial charge is 0.209 e. The van der Waals surface area contributed by atoms with E-state index < -0.39 is 0 Å². The molecule has 1 aliphatic rings. The van der Waals surface area contributed by atoms with E-state index in [1.807, 2.05) is 0 Å². The molecule has 0 aromatic rings. The summed E-state index contributed by atoms with van der Waals surface area (Å²) in [7, 11) is 0. The molecule has 0 saturated carbocycles. The molecule has 0 aliphatic carbocycles. The molecule has 1 rings (SSSR count). The van der Waals surface area contributed by atoms with Crippen LogP contribution in [0.2, 0.25) is 0 Å². The van der Waals surface area contributed by atoms with E-state index in [1.54, 1.807) is 11.8 Å². The molecule has 0 spiro atoms. The van der Waals surface area contributed by atoms with E-state index in [0.29, 0.717) is 0 Å². The summed E-state index contributed by atoms with van der Waals surface area (Å²) in [6.07, 6.45) is 3.29. The van der Waals surface area contributed by atoms with Crippen molar-refractivity contribution in [1.29, 1.82) is 0 Å². The number of Topliss-reactive ketones (excluding diaryl/α,β-unsaturated/α-hetero) is 1. The van der Waals surface area contributed by atoms with Crippen molar-refractivity contribution < 1.29 is 14.4 Å². The zero-order valence-corrected chi connectivity index (χ0v) is 8.73. The molecule has 0 atom stereocenters. The van der Waals surface area contributed by atoms with Crippen LogP contribution in [0, 0.1) is 5.92 Å². The molecule has 1 heterocycles. The topological polar surface area (TPSA) is 54.5 Å². The van der Waals surface area contributed by atoms with Crippen LogP contribution in [0.25, 0.3) is 0 Å². The lowest BCUT2D eigenvalue weighted by atomic mass is 9.94. The average Bonchev–Trinajstić information content (AvgIpc) is 2.19. The third-order valence-corrected chi connectivity index (χ3v) is 2.25.